The predicted molar refractivity (Wildman–Crippen MR) is 86.1 cm³/mol. The summed E-state index contributed by atoms with van der Waals surface area (Å²) in [6, 6.07) is 7.91. The third-order valence-electron chi connectivity index (χ3n) is 5.55. The van der Waals surface area contributed by atoms with Gasteiger partial charge in [-0.15, -0.1) is 0 Å². The standard InChI is InChI=1S/C18H19N3O2/c22-17(11-5-6-11)21-12-7-8-13(21)10-20-16(9-12)19-15-4-2-1-3-14(15)18(20)23/h1-4,11-13H,5-10H2/t12-,13-/m1/s1. The summed E-state index contributed by atoms with van der Waals surface area (Å²) >= 11 is 0. The first-order valence-corrected chi connectivity index (χ1v) is 8.53. The number of benzene rings is 1. The zero-order chi connectivity index (χ0) is 15.6. The first-order valence-electron chi connectivity index (χ1n) is 8.53. The highest BCUT2D eigenvalue weighted by Crippen LogP contribution is 2.38. The van der Waals surface area contributed by atoms with Crippen LogP contribution in [0.5, 0.6) is 0 Å². The van der Waals surface area contributed by atoms with Crippen molar-refractivity contribution in [3.63, 3.8) is 0 Å². The van der Waals surface area contributed by atoms with Crippen LogP contribution in [-0.2, 0) is 17.8 Å². The minimum absolute atomic E-state index is 0.0389. The van der Waals surface area contributed by atoms with Gasteiger partial charge in [0.1, 0.15) is 5.82 Å². The fourth-order valence-corrected chi connectivity index (χ4v) is 4.22. The van der Waals surface area contributed by atoms with E-state index in [1.165, 1.54) is 0 Å². The van der Waals surface area contributed by atoms with Gasteiger partial charge in [-0.3, -0.25) is 14.2 Å². The van der Waals surface area contributed by atoms with Gasteiger partial charge in [-0.2, -0.15) is 0 Å². The van der Waals surface area contributed by atoms with Crippen molar-refractivity contribution in [3.05, 3.63) is 40.4 Å². The van der Waals surface area contributed by atoms with Gasteiger partial charge in [0.05, 0.1) is 16.9 Å². The second kappa shape index (κ2) is 4.66. The number of hydrogen-bond donors (Lipinski definition) is 0. The molecule has 2 aliphatic heterocycles. The molecule has 2 aromatic rings. The number of aromatic nitrogens is 2. The number of nitrogens with zero attached hydrogens (tertiary/aromatic N) is 3. The molecular formula is C18H19N3O2. The number of hydrogen-bond acceptors (Lipinski definition) is 3. The summed E-state index contributed by atoms with van der Waals surface area (Å²) in [5.74, 6) is 1.39. The van der Waals surface area contributed by atoms with Gasteiger partial charge in [0.2, 0.25) is 5.91 Å². The average molecular weight is 309 g/mol. The number of carbonyl (C=O) groups excluding carboxylic acids is 1. The molecule has 5 nitrogen and oxygen atoms in total. The minimum Gasteiger partial charge on any atom is -0.334 e. The van der Waals surface area contributed by atoms with E-state index in [1.807, 2.05) is 28.8 Å². The topological polar surface area (TPSA) is 55.2 Å². The van der Waals surface area contributed by atoms with Crippen LogP contribution in [0, 0.1) is 5.92 Å². The SMILES string of the molecule is O=C(C1CC1)N1[C@@H]2CC[C@@H]1Cn1c(nc3ccccc3c1=O)C2. The van der Waals surface area contributed by atoms with Gasteiger partial charge in [-0.25, -0.2) is 4.98 Å². The van der Waals surface area contributed by atoms with Crippen LogP contribution >= 0.6 is 0 Å². The van der Waals surface area contributed by atoms with Crippen molar-refractivity contribution in [1.82, 2.24) is 14.5 Å². The molecule has 5 heteroatoms. The van der Waals surface area contributed by atoms with Gasteiger partial charge in [0.15, 0.2) is 0 Å². The molecule has 1 aliphatic carbocycles. The zero-order valence-corrected chi connectivity index (χ0v) is 12.9. The fourth-order valence-electron chi connectivity index (χ4n) is 4.22. The van der Waals surface area contributed by atoms with E-state index in [0.717, 1.165) is 37.0 Å². The summed E-state index contributed by atoms with van der Waals surface area (Å²) in [6.45, 7) is 0.598. The maximum atomic E-state index is 12.8. The lowest BCUT2D eigenvalue weighted by atomic mass is 10.1. The highest BCUT2D eigenvalue weighted by molar-refractivity contribution is 5.82. The molecule has 1 saturated carbocycles. The number of fused-ring (bicyclic) bond motifs is 4. The third kappa shape index (κ3) is 1.95. The van der Waals surface area contributed by atoms with Crippen molar-refractivity contribution >= 4 is 16.8 Å². The average Bonchev–Trinajstić information content (AvgIpc) is 3.33. The highest BCUT2D eigenvalue weighted by atomic mass is 16.2. The number of rotatable bonds is 1. The van der Waals surface area contributed by atoms with Gasteiger partial charge in [0.25, 0.3) is 5.56 Å². The van der Waals surface area contributed by atoms with Crippen LogP contribution in [0.1, 0.15) is 31.5 Å². The molecule has 0 spiro atoms. The molecule has 2 atom stereocenters. The monoisotopic (exact) mass is 309 g/mol. The quantitative estimate of drug-likeness (QED) is 0.806. The normalized spacial score (nSPS) is 26.2. The third-order valence-corrected chi connectivity index (χ3v) is 5.55. The Labute approximate surface area is 133 Å². The second-order valence-electron chi connectivity index (χ2n) is 7.07. The van der Waals surface area contributed by atoms with Crippen LogP contribution in [0.15, 0.2) is 29.1 Å². The maximum absolute atomic E-state index is 12.8. The van der Waals surface area contributed by atoms with E-state index < -0.39 is 0 Å². The summed E-state index contributed by atoms with van der Waals surface area (Å²) in [4.78, 5) is 32.3. The van der Waals surface area contributed by atoms with E-state index in [2.05, 4.69) is 4.90 Å². The largest absolute Gasteiger partial charge is 0.334 e. The molecule has 0 N–H and O–H groups in total. The molecule has 3 heterocycles. The molecule has 0 unspecified atom stereocenters. The number of carbonyl (C=O) groups is 1. The fraction of sp³-hybridized carbons (Fsp3) is 0.500. The molecule has 118 valence electrons. The Balaban J connectivity index is 1.62. The summed E-state index contributed by atoms with van der Waals surface area (Å²) in [7, 11) is 0. The molecule has 23 heavy (non-hydrogen) atoms. The van der Waals surface area contributed by atoms with Crippen molar-refractivity contribution in [2.24, 2.45) is 5.92 Å². The van der Waals surface area contributed by atoms with Crippen molar-refractivity contribution in [2.45, 2.75) is 50.7 Å². The van der Waals surface area contributed by atoms with E-state index in [0.29, 0.717) is 24.3 Å². The molecule has 1 amide bonds. The number of para-hydroxylation sites is 1. The van der Waals surface area contributed by atoms with E-state index in [-0.39, 0.29) is 23.6 Å². The summed E-state index contributed by atoms with van der Waals surface area (Å²) in [5, 5.41) is 0.675. The minimum atomic E-state index is 0.0389. The van der Waals surface area contributed by atoms with E-state index in [4.69, 9.17) is 4.98 Å². The first-order chi connectivity index (χ1) is 11.2. The van der Waals surface area contributed by atoms with E-state index in [1.54, 1.807) is 0 Å². The van der Waals surface area contributed by atoms with E-state index in [9.17, 15) is 9.59 Å². The van der Waals surface area contributed by atoms with Crippen molar-refractivity contribution in [2.75, 3.05) is 0 Å². The van der Waals surface area contributed by atoms with Crippen molar-refractivity contribution < 1.29 is 4.79 Å². The van der Waals surface area contributed by atoms with Crippen molar-refractivity contribution in [3.8, 4) is 0 Å². The lowest BCUT2D eigenvalue weighted by Crippen LogP contribution is -2.43. The Hall–Kier alpha value is -2.17. The molecule has 5 rings (SSSR count). The van der Waals surface area contributed by atoms with E-state index >= 15 is 0 Å². The Morgan fingerprint density at radius 1 is 1.09 bits per heavy atom. The van der Waals surface area contributed by atoms with Gasteiger partial charge in [0, 0.05) is 24.9 Å². The van der Waals surface area contributed by atoms with Gasteiger partial charge >= 0.3 is 0 Å². The van der Waals surface area contributed by atoms with Crippen LogP contribution in [-0.4, -0.2) is 32.4 Å². The second-order valence-corrected chi connectivity index (χ2v) is 7.07. The Morgan fingerprint density at radius 3 is 2.70 bits per heavy atom. The molecule has 1 aromatic carbocycles. The summed E-state index contributed by atoms with van der Waals surface area (Å²) in [6.07, 6.45) is 4.80. The van der Waals surface area contributed by atoms with Crippen molar-refractivity contribution in [1.29, 1.82) is 0 Å². The van der Waals surface area contributed by atoms with Gasteiger partial charge in [-0.1, -0.05) is 12.1 Å². The molecule has 1 saturated heterocycles. The van der Waals surface area contributed by atoms with Crippen LogP contribution in [0.3, 0.4) is 0 Å². The van der Waals surface area contributed by atoms with Gasteiger partial charge < -0.3 is 4.90 Å². The lowest BCUT2D eigenvalue weighted by Gasteiger charge is -2.27. The Morgan fingerprint density at radius 2 is 1.87 bits per heavy atom. The summed E-state index contributed by atoms with van der Waals surface area (Å²) < 4.78 is 1.82. The van der Waals surface area contributed by atoms with Crippen LogP contribution in [0.4, 0.5) is 0 Å². The smallest absolute Gasteiger partial charge is 0.261 e. The molecule has 2 bridgehead atoms. The molecular weight excluding hydrogens is 290 g/mol. The predicted octanol–water partition coefficient (Wildman–Crippen LogP) is 1.72. The Bertz CT molecular complexity index is 868. The Kier molecular flexibility index (Phi) is 2.69. The summed E-state index contributed by atoms with van der Waals surface area (Å²) in [5.41, 5.74) is 0.804. The lowest BCUT2D eigenvalue weighted by molar-refractivity contribution is -0.135. The van der Waals surface area contributed by atoms with Crippen LogP contribution in [0.2, 0.25) is 0 Å². The van der Waals surface area contributed by atoms with Crippen LogP contribution < -0.4 is 5.56 Å². The zero-order valence-electron chi connectivity index (χ0n) is 12.9. The maximum Gasteiger partial charge on any atom is 0.261 e. The van der Waals surface area contributed by atoms with Gasteiger partial charge in [-0.05, 0) is 37.8 Å². The molecule has 1 aromatic heterocycles. The molecule has 2 fully saturated rings. The first kappa shape index (κ1) is 13.3. The highest BCUT2D eigenvalue weighted by Gasteiger charge is 2.45. The number of amides is 1. The molecule has 3 aliphatic rings. The molecule has 0 radical (unpaired) electrons. The van der Waals surface area contributed by atoms with Crippen LogP contribution in [0.25, 0.3) is 10.9 Å².